The van der Waals surface area contributed by atoms with E-state index in [1.807, 2.05) is 18.2 Å². The summed E-state index contributed by atoms with van der Waals surface area (Å²) < 4.78 is 20.4. The average molecular weight is 352 g/mol. The summed E-state index contributed by atoms with van der Waals surface area (Å²) in [6.45, 7) is 6.94. The largest absolute Gasteiger partial charge is 0.454 e. The summed E-state index contributed by atoms with van der Waals surface area (Å²) in [6, 6.07) is 12.1. The van der Waals surface area contributed by atoms with Crippen LogP contribution in [0.1, 0.15) is 26.3 Å². The second kappa shape index (κ2) is 6.58. The molecule has 0 aliphatic carbocycles. The predicted molar refractivity (Wildman–Crippen MR) is 87.2 cm³/mol. The van der Waals surface area contributed by atoms with Gasteiger partial charge in [0.2, 0.25) is 0 Å². The summed E-state index contributed by atoms with van der Waals surface area (Å²) in [4.78, 5) is 0. The summed E-state index contributed by atoms with van der Waals surface area (Å²) in [7, 11) is 0. The predicted octanol–water partition coefficient (Wildman–Crippen LogP) is 5.27. The number of benzene rings is 2. The SMILES string of the molecule is CC(C)(C)NCc1cc(Br)ccc1Oc1ccccc1F. The van der Waals surface area contributed by atoms with Crippen LogP contribution in [0.5, 0.6) is 11.5 Å². The molecule has 0 heterocycles. The van der Waals surface area contributed by atoms with Crippen molar-refractivity contribution in [2.24, 2.45) is 0 Å². The van der Waals surface area contributed by atoms with E-state index >= 15 is 0 Å². The quantitative estimate of drug-likeness (QED) is 0.810. The first kappa shape index (κ1) is 16.0. The maximum absolute atomic E-state index is 13.7. The molecule has 1 N–H and O–H groups in total. The highest BCUT2D eigenvalue weighted by molar-refractivity contribution is 9.10. The molecule has 21 heavy (non-hydrogen) atoms. The van der Waals surface area contributed by atoms with E-state index in [1.165, 1.54) is 6.07 Å². The Balaban J connectivity index is 2.25. The summed E-state index contributed by atoms with van der Waals surface area (Å²) >= 11 is 3.46. The first-order valence-electron chi connectivity index (χ1n) is 6.81. The summed E-state index contributed by atoms with van der Waals surface area (Å²) in [5.74, 6) is 0.520. The molecule has 0 fully saturated rings. The molecule has 0 unspecified atom stereocenters. The van der Waals surface area contributed by atoms with E-state index < -0.39 is 0 Å². The lowest BCUT2D eigenvalue weighted by Gasteiger charge is -2.22. The minimum absolute atomic E-state index is 0.00240. The average Bonchev–Trinajstić information content (AvgIpc) is 2.40. The smallest absolute Gasteiger partial charge is 0.165 e. The Morgan fingerprint density at radius 3 is 2.48 bits per heavy atom. The highest BCUT2D eigenvalue weighted by Gasteiger charge is 2.13. The van der Waals surface area contributed by atoms with E-state index in [-0.39, 0.29) is 17.1 Å². The fourth-order valence-electron chi connectivity index (χ4n) is 1.79. The molecule has 112 valence electrons. The van der Waals surface area contributed by atoms with Gasteiger partial charge in [0.1, 0.15) is 5.75 Å². The number of ether oxygens (including phenoxy) is 1. The van der Waals surface area contributed by atoms with Gasteiger partial charge in [-0.2, -0.15) is 0 Å². The molecule has 0 aliphatic heterocycles. The molecule has 2 aromatic carbocycles. The molecule has 0 saturated carbocycles. The van der Waals surface area contributed by atoms with Crippen molar-refractivity contribution in [1.82, 2.24) is 5.32 Å². The van der Waals surface area contributed by atoms with Crippen LogP contribution in [-0.2, 0) is 6.54 Å². The zero-order chi connectivity index (χ0) is 15.5. The highest BCUT2D eigenvalue weighted by atomic mass is 79.9. The maximum atomic E-state index is 13.7. The third kappa shape index (κ3) is 4.83. The van der Waals surface area contributed by atoms with E-state index in [1.54, 1.807) is 18.2 Å². The number of nitrogens with one attached hydrogen (secondary N) is 1. The van der Waals surface area contributed by atoms with Crippen molar-refractivity contribution < 1.29 is 9.13 Å². The third-order valence-electron chi connectivity index (χ3n) is 2.89. The van der Waals surface area contributed by atoms with Crippen molar-refractivity contribution in [1.29, 1.82) is 0 Å². The number of hydrogen-bond donors (Lipinski definition) is 1. The molecule has 0 bridgehead atoms. The van der Waals surface area contributed by atoms with Crippen LogP contribution in [0.4, 0.5) is 4.39 Å². The summed E-state index contributed by atoms with van der Waals surface area (Å²) in [6.07, 6.45) is 0. The van der Waals surface area contributed by atoms with E-state index in [2.05, 4.69) is 42.0 Å². The van der Waals surface area contributed by atoms with Crippen LogP contribution in [0.25, 0.3) is 0 Å². The van der Waals surface area contributed by atoms with E-state index in [0.29, 0.717) is 12.3 Å². The molecular formula is C17H19BrFNO. The zero-order valence-electron chi connectivity index (χ0n) is 12.4. The van der Waals surface area contributed by atoms with Crippen LogP contribution in [-0.4, -0.2) is 5.54 Å². The van der Waals surface area contributed by atoms with Crippen LogP contribution in [0, 0.1) is 5.82 Å². The highest BCUT2D eigenvalue weighted by Crippen LogP contribution is 2.29. The normalized spacial score (nSPS) is 11.5. The monoisotopic (exact) mass is 351 g/mol. The molecule has 0 spiro atoms. The number of para-hydroxylation sites is 1. The topological polar surface area (TPSA) is 21.3 Å². The Morgan fingerprint density at radius 2 is 1.81 bits per heavy atom. The van der Waals surface area contributed by atoms with Gasteiger partial charge in [-0.05, 0) is 51.1 Å². The standard InChI is InChI=1S/C17H19BrFNO/c1-17(2,3)20-11-12-10-13(18)8-9-15(12)21-16-7-5-4-6-14(16)19/h4-10,20H,11H2,1-3H3. The second-order valence-electron chi connectivity index (χ2n) is 5.89. The number of hydrogen-bond acceptors (Lipinski definition) is 2. The van der Waals surface area contributed by atoms with Gasteiger partial charge in [-0.25, -0.2) is 4.39 Å². The third-order valence-corrected chi connectivity index (χ3v) is 3.38. The Morgan fingerprint density at radius 1 is 1.10 bits per heavy atom. The first-order chi connectivity index (χ1) is 9.85. The Kier molecular flexibility index (Phi) is 5.01. The molecule has 2 aromatic rings. The van der Waals surface area contributed by atoms with E-state index in [0.717, 1.165) is 10.0 Å². The Labute approximate surface area is 133 Å². The van der Waals surface area contributed by atoms with Crippen LogP contribution in [0.3, 0.4) is 0 Å². The van der Waals surface area contributed by atoms with Gasteiger partial charge >= 0.3 is 0 Å². The van der Waals surface area contributed by atoms with Crippen molar-refractivity contribution in [3.8, 4) is 11.5 Å². The van der Waals surface area contributed by atoms with Crippen LogP contribution < -0.4 is 10.1 Å². The van der Waals surface area contributed by atoms with Gasteiger partial charge in [-0.15, -0.1) is 0 Å². The van der Waals surface area contributed by atoms with Crippen molar-refractivity contribution in [2.45, 2.75) is 32.9 Å². The molecule has 0 atom stereocenters. The van der Waals surface area contributed by atoms with Crippen molar-refractivity contribution in [3.05, 3.63) is 58.3 Å². The van der Waals surface area contributed by atoms with Crippen molar-refractivity contribution >= 4 is 15.9 Å². The van der Waals surface area contributed by atoms with Crippen LogP contribution in [0.15, 0.2) is 46.9 Å². The molecule has 0 aliphatic rings. The second-order valence-corrected chi connectivity index (χ2v) is 6.80. The van der Waals surface area contributed by atoms with E-state index in [9.17, 15) is 4.39 Å². The van der Waals surface area contributed by atoms with Gasteiger partial charge < -0.3 is 10.1 Å². The Hall–Kier alpha value is -1.39. The van der Waals surface area contributed by atoms with E-state index in [4.69, 9.17) is 4.74 Å². The van der Waals surface area contributed by atoms with Gasteiger partial charge in [0.05, 0.1) is 0 Å². The number of rotatable bonds is 4. The van der Waals surface area contributed by atoms with Crippen molar-refractivity contribution in [2.75, 3.05) is 0 Å². The van der Waals surface area contributed by atoms with Crippen LogP contribution >= 0.6 is 15.9 Å². The molecule has 2 rings (SSSR count). The van der Waals surface area contributed by atoms with Gasteiger partial charge in [-0.1, -0.05) is 28.1 Å². The Bertz CT molecular complexity index is 622. The minimum Gasteiger partial charge on any atom is -0.454 e. The lowest BCUT2D eigenvalue weighted by atomic mass is 10.1. The van der Waals surface area contributed by atoms with Gasteiger partial charge in [0.15, 0.2) is 11.6 Å². The van der Waals surface area contributed by atoms with Crippen LogP contribution in [0.2, 0.25) is 0 Å². The lowest BCUT2D eigenvalue weighted by Crippen LogP contribution is -2.35. The first-order valence-corrected chi connectivity index (χ1v) is 7.60. The molecule has 2 nitrogen and oxygen atoms in total. The molecule has 0 aromatic heterocycles. The van der Waals surface area contributed by atoms with Gasteiger partial charge in [0.25, 0.3) is 0 Å². The fraction of sp³-hybridized carbons (Fsp3) is 0.294. The summed E-state index contributed by atoms with van der Waals surface area (Å²) in [5, 5.41) is 3.41. The van der Waals surface area contributed by atoms with Gasteiger partial charge in [-0.3, -0.25) is 0 Å². The molecule has 4 heteroatoms. The maximum Gasteiger partial charge on any atom is 0.165 e. The minimum atomic E-state index is -0.366. The van der Waals surface area contributed by atoms with Gasteiger partial charge in [0, 0.05) is 22.1 Å². The molecule has 0 radical (unpaired) electrons. The number of halogens is 2. The summed E-state index contributed by atoms with van der Waals surface area (Å²) in [5.41, 5.74) is 0.972. The molecule has 0 amide bonds. The fourth-order valence-corrected chi connectivity index (χ4v) is 2.20. The molecule has 0 saturated heterocycles. The lowest BCUT2D eigenvalue weighted by molar-refractivity contribution is 0.407. The molecular weight excluding hydrogens is 333 g/mol. The van der Waals surface area contributed by atoms with Crippen molar-refractivity contribution in [3.63, 3.8) is 0 Å². The zero-order valence-corrected chi connectivity index (χ0v) is 14.0.